The van der Waals surface area contributed by atoms with Crippen LogP contribution in [0.1, 0.15) is 10.4 Å². The summed E-state index contributed by atoms with van der Waals surface area (Å²) >= 11 is 3.13. The molecule has 1 amide bonds. The van der Waals surface area contributed by atoms with E-state index in [1.807, 2.05) is 0 Å². The van der Waals surface area contributed by atoms with Crippen LogP contribution >= 0.6 is 15.9 Å². The van der Waals surface area contributed by atoms with Gasteiger partial charge in [0.2, 0.25) is 5.82 Å². The van der Waals surface area contributed by atoms with Crippen molar-refractivity contribution in [2.24, 2.45) is 0 Å². The molecule has 1 aromatic heterocycles. The molecule has 1 N–H and O–H groups in total. The zero-order valence-electron chi connectivity index (χ0n) is 10.1. The fraction of sp³-hybridized carbons (Fsp3) is 0. The highest BCUT2D eigenvalue weighted by atomic mass is 79.9. The maximum absolute atomic E-state index is 13.7. The number of pyridine rings is 1. The first-order valence-electron chi connectivity index (χ1n) is 5.44. The molecule has 0 bridgehead atoms. The Hall–Kier alpha value is -2.42. The Kier molecular flexibility index (Phi) is 4.22. The van der Waals surface area contributed by atoms with Crippen LogP contribution in [0.3, 0.4) is 0 Å². The van der Waals surface area contributed by atoms with Crippen LogP contribution in [0.2, 0.25) is 0 Å². The van der Waals surface area contributed by atoms with E-state index in [0.29, 0.717) is 22.3 Å². The predicted molar refractivity (Wildman–Crippen MR) is 72.9 cm³/mol. The summed E-state index contributed by atoms with van der Waals surface area (Å²) in [5.41, 5.74) is -1.37. The monoisotopic (exact) mass is 357 g/mol. The highest BCUT2D eigenvalue weighted by molar-refractivity contribution is 9.10. The summed E-state index contributed by atoms with van der Waals surface area (Å²) < 4.78 is 27.6. The summed E-state index contributed by atoms with van der Waals surface area (Å²) in [5, 5.41) is 12.8. The van der Waals surface area contributed by atoms with Gasteiger partial charge in [0, 0.05) is 12.4 Å². The van der Waals surface area contributed by atoms with Gasteiger partial charge in [0.25, 0.3) is 5.91 Å². The van der Waals surface area contributed by atoms with Crippen LogP contribution in [0, 0.1) is 21.7 Å². The number of rotatable bonds is 3. The second-order valence-corrected chi connectivity index (χ2v) is 4.70. The van der Waals surface area contributed by atoms with Gasteiger partial charge in [-0.15, -0.1) is 0 Å². The van der Waals surface area contributed by atoms with Gasteiger partial charge in [-0.1, -0.05) is 0 Å². The molecular weight excluding hydrogens is 352 g/mol. The van der Waals surface area contributed by atoms with E-state index in [0.717, 1.165) is 0 Å². The first-order chi connectivity index (χ1) is 9.90. The van der Waals surface area contributed by atoms with Gasteiger partial charge in [-0.2, -0.15) is 4.39 Å². The third-order valence-electron chi connectivity index (χ3n) is 2.50. The van der Waals surface area contributed by atoms with Gasteiger partial charge in [-0.05, 0) is 28.1 Å². The topological polar surface area (TPSA) is 85.1 Å². The van der Waals surface area contributed by atoms with Gasteiger partial charge >= 0.3 is 5.69 Å². The molecule has 2 rings (SSSR count). The first-order valence-corrected chi connectivity index (χ1v) is 6.23. The van der Waals surface area contributed by atoms with E-state index < -0.39 is 33.7 Å². The summed E-state index contributed by atoms with van der Waals surface area (Å²) in [6.07, 6.45) is 2.80. The Labute approximate surface area is 125 Å². The average molecular weight is 358 g/mol. The van der Waals surface area contributed by atoms with Crippen molar-refractivity contribution in [1.82, 2.24) is 4.98 Å². The van der Waals surface area contributed by atoms with Gasteiger partial charge < -0.3 is 5.32 Å². The van der Waals surface area contributed by atoms with E-state index in [4.69, 9.17) is 0 Å². The molecule has 0 spiro atoms. The third kappa shape index (κ3) is 3.19. The molecule has 6 nitrogen and oxygen atoms in total. The van der Waals surface area contributed by atoms with E-state index in [2.05, 4.69) is 26.2 Å². The Morgan fingerprint density at radius 1 is 1.33 bits per heavy atom. The maximum Gasteiger partial charge on any atom is 0.307 e. The van der Waals surface area contributed by atoms with E-state index in [1.165, 1.54) is 18.5 Å². The molecule has 108 valence electrons. The minimum Gasteiger partial charge on any atom is -0.321 e. The lowest BCUT2D eigenvalue weighted by atomic mass is 10.1. The van der Waals surface area contributed by atoms with Crippen molar-refractivity contribution < 1.29 is 18.5 Å². The second-order valence-electron chi connectivity index (χ2n) is 3.85. The molecular formula is C12H6BrF2N3O3. The number of amides is 1. The van der Waals surface area contributed by atoms with Gasteiger partial charge in [-0.25, -0.2) is 4.39 Å². The number of benzene rings is 1. The molecule has 1 aromatic carbocycles. The number of aromatic nitrogens is 1. The Bertz CT molecular complexity index is 740. The fourth-order valence-corrected chi connectivity index (χ4v) is 1.87. The fourth-order valence-electron chi connectivity index (χ4n) is 1.52. The molecule has 0 saturated heterocycles. The standard InChI is InChI=1S/C12H6BrF2N3O3/c13-7-5-16-2-1-10(7)17-12(19)6-3-9(15)11(18(20)21)4-8(6)14/h1-5H,(H,16,17,19). The zero-order chi connectivity index (χ0) is 15.6. The summed E-state index contributed by atoms with van der Waals surface area (Å²) in [4.78, 5) is 25.1. The SMILES string of the molecule is O=C(Nc1ccncc1Br)c1cc(F)c([N+](=O)[O-])cc1F. The number of anilines is 1. The predicted octanol–water partition coefficient (Wildman–Crippen LogP) is 3.28. The number of nitrogens with zero attached hydrogens (tertiary/aromatic N) is 2. The molecule has 0 unspecified atom stereocenters. The molecule has 21 heavy (non-hydrogen) atoms. The lowest BCUT2D eigenvalue weighted by Gasteiger charge is -2.07. The quantitative estimate of drug-likeness (QED) is 0.674. The van der Waals surface area contributed by atoms with Crippen molar-refractivity contribution >= 4 is 33.2 Å². The minimum absolute atomic E-state index is 0.299. The van der Waals surface area contributed by atoms with Crippen molar-refractivity contribution in [1.29, 1.82) is 0 Å². The number of nitrogens with one attached hydrogen (secondary N) is 1. The molecule has 0 aliphatic rings. The minimum atomic E-state index is -1.29. The van der Waals surface area contributed by atoms with Crippen LogP contribution < -0.4 is 5.32 Å². The highest BCUT2D eigenvalue weighted by Gasteiger charge is 2.22. The van der Waals surface area contributed by atoms with Crippen LogP contribution in [0.5, 0.6) is 0 Å². The van der Waals surface area contributed by atoms with Crippen molar-refractivity contribution in [3.63, 3.8) is 0 Å². The van der Waals surface area contributed by atoms with E-state index in [1.54, 1.807) is 0 Å². The van der Waals surface area contributed by atoms with Crippen molar-refractivity contribution in [2.75, 3.05) is 5.32 Å². The van der Waals surface area contributed by atoms with Crippen LogP contribution in [0.25, 0.3) is 0 Å². The van der Waals surface area contributed by atoms with Crippen LogP contribution in [-0.2, 0) is 0 Å². The maximum atomic E-state index is 13.7. The molecule has 0 radical (unpaired) electrons. The largest absolute Gasteiger partial charge is 0.321 e. The number of carbonyl (C=O) groups is 1. The van der Waals surface area contributed by atoms with Gasteiger partial charge in [-0.3, -0.25) is 19.9 Å². The normalized spacial score (nSPS) is 10.2. The lowest BCUT2D eigenvalue weighted by Crippen LogP contribution is -2.15. The Balaban J connectivity index is 2.34. The number of carbonyl (C=O) groups excluding carboxylic acids is 1. The smallest absolute Gasteiger partial charge is 0.307 e. The molecule has 0 aliphatic heterocycles. The number of nitro groups is 1. The van der Waals surface area contributed by atoms with E-state index in [9.17, 15) is 23.7 Å². The summed E-state index contributed by atoms with van der Waals surface area (Å²) in [6, 6.07) is 2.30. The van der Waals surface area contributed by atoms with Crippen molar-refractivity contribution in [2.45, 2.75) is 0 Å². The number of nitro benzene ring substituents is 1. The highest BCUT2D eigenvalue weighted by Crippen LogP contribution is 2.24. The second kappa shape index (κ2) is 5.92. The first kappa shape index (κ1) is 15.0. The van der Waals surface area contributed by atoms with E-state index >= 15 is 0 Å². The molecule has 0 atom stereocenters. The number of hydrogen-bond acceptors (Lipinski definition) is 4. The molecule has 0 fully saturated rings. The molecule has 1 heterocycles. The Morgan fingerprint density at radius 3 is 2.67 bits per heavy atom. The van der Waals surface area contributed by atoms with Crippen LogP contribution in [-0.4, -0.2) is 15.8 Å². The summed E-state index contributed by atoms with van der Waals surface area (Å²) in [5.74, 6) is -3.42. The van der Waals surface area contributed by atoms with Gasteiger partial charge in [0.1, 0.15) is 5.82 Å². The summed E-state index contributed by atoms with van der Waals surface area (Å²) in [6.45, 7) is 0. The zero-order valence-corrected chi connectivity index (χ0v) is 11.7. The van der Waals surface area contributed by atoms with Crippen molar-refractivity contribution in [3.05, 3.63) is 62.4 Å². The summed E-state index contributed by atoms with van der Waals surface area (Å²) in [7, 11) is 0. The van der Waals surface area contributed by atoms with Crippen LogP contribution in [0.4, 0.5) is 20.2 Å². The number of halogens is 3. The van der Waals surface area contributed by atoms with Crippen LogP contribution in [0.15, 0.2) is 35.1 Å². The third-order valence-corrected chi connectivity index (χ3v) is 3.13. The molecule has 0 aliphatic carbocycles. The van der Waals surface area contributed by atoms with Gasteiger partial charge in [0.15, 0.2) is 0 Å². The lowest BCUT2D eigenvalue weighted by molar-refractivity contribution is -0.387. The molecule has 9 heteroatoms. The van der Waals surface area contributed by atoms with Crippen molar-refractivity contribution in [3.8, 4) is 0 Å². The molecule has 2 aromatic rings. The van der Waals surface area contributed by atoms with Gasteiger partial charge in [0.05, 0.1) is 26.7 Å². The average Bonchev–Trinajstić information content (AvgIpc) is 2.43. The Morgan fingerprint density at radius 2 is 2.05 bits per heavy atom. The van der Waals surface area contributed by atoms with E-state index in [-0.39, 0.29) is 0 Å². The number of hydrogen-bond donors (Lipinski definition) is 1. The molecule has 0 saturated carbocycles.